The number of nitrogens with zero attached hydrogens (tertiary/aromatic N) is 4. The van der Waals surface area contributed by atoms with Crippen LogP contribution in [0.4, 0.5) is 5.69 Å². The fourth-order valence-electron chi connectivity index (χ4n) is 1.54. The Kier molecular flexibility index (Phi) is 3.95. The highest BCUT2D eigenvalue weighted by molar-refractivity contribution is 9.10. The van der Waals surface area contributed by atoms with Gasteiger partial charge in [-0.25, -0.2) is 4.98 Å². The van der Waals surface area contributed by atoms with Gasteiger partial charge in [-0.15, -0.1) is 0 Å². The van der Waals surface area contributed by atoms with Crippen molar-refractivity contribution in [1.29, 1.82) is 5.26 Å². The molecule has 1 heterocycles. The van der Waals surface area contributed by atoms with Gasteiger partial charge < -0.3 is 5.32 Å². The van der Waals surface area contributed by atoms with Crippen LogP contribution in [0.3, 0.4) is 0 Å². The number of anilines is 1. The lowest BCUT2D eigenvalue weighted by molar-refractivity contribution is 0.742. The zero-order valence-electron chi connectivity index (χ0n) is 9.89. The first-order chi connectivity index (χ1) is 8.69. The Bertz CT molecular complexity index is 584. The van der Waals surface area contributed by atoms with Crippen molar-refractivity contribution in [2.45, 2.75) is 6.42 Å². The van der Waals surface area contributed by atoms with E-state index in [9.17, 15) is 0 Å². The molecule has 0 aliphatic carbocycles. The molecule has 0 spiro atoms. The number of benzene rings is 1. The Morgan fingerprint density at radius 2 is 2.33 bits per heavy atom. The van der Waals surface area contributed by atoms with Crippen LogP contribution in [0.2, 0.25) is 0 Å². The molecule has 5 nitrogen and oxygen atoms in total. The van der Waals surface area contributed by atoms with Crippen LogP contribution in [0.5, 0.6) is 0 Å². The first-order valence-corrected chi connectivity index (χ1v) is 6.26. The molecule has 0 saturated heterocycles. The Hall–Kier alpha value is -1.87. The molecule has 0 atom stereocenters. The van der Waals surface area contributed by atoms with Gasteiger partial charge in [-0.05, 0) is 34.1 Å². The van der Waals surface area contributed by atoms with E-state index in [1.54, 1.807) is 23.1 Å². The Balaban J connectivity index is 1.92. The van der Waals surface area contributed by atoms with Gasteiger partial charge in [-0.3, -0.25) is 4.68 Å². The van der Waals surface area contributed by atoms with Gasteiger partial charge in [0.05, 0.1) is 11.6 Å². The first-order valence-electron chi connectivity index (χ1n) is 5.47. The maximum atomic E-state index is 8.77. The second-order valence-corrected chi connectivity index (χ2v) is 4.67. The predicted molar refractivity (Wildman–Crippen MR) is 72.1 cm³/mol. The lowest BCUT2D eigenvalue weighted by Crippen LogP contribution is -2.07. The van der Waals surface area contributed by atoms with Crippen molar-refractivity contribution < 1.29 is 0 Å². The van der Waals surface area contributed by atoms with Gasteiger partial charge in [0, 0.05) is 30.2 Å². The van der Waals surface area contributed by atoms with E-state index < -0.39 is 0 Å². The summed E-state index contributed by atoms with van der Waals surface area (Å²) in [4.78, 5) is 4.15. The molecule has 0 amide bonds. The summed E-state index contributed by atoms with van der Waals surface area (Å²) in [5, 5.41) is 16.2. The van der Waals surface area contributed by atoms with E-state index in [1.165, 1.54) is 0 Å². The fourth-order valence-corrected chi connectivity index (χ4v) is 2.05. The maximum absolute atomic E-state index is 8.77. The Labute approximate surface area is 114 Å². The largest absolute Gasteiger partial charge is 0.384 e. The first kappa shape index (κ1) is 12.6. The fraction of sp³-hybridized carbons (Fsp3) is 0.250. The van der Waals surface area contributed by atoms with E-state index in [0.29, 0.717) is 5.56 Å². The minimum Gasteiger partial charge on any atom is -0.384 e. The van der Waals surface area contributed by atoms with Crippen molar-refractivity contribution in [1.82, 2.24) is 14.8 Å². The number of aryl methyl sites for hydroxylation is 1. The molecule has 2 aromatic rings. The maximum Gasteiger partial charge on any atom is 0.152 e. The topological polar surface area (TPSA) is 66.5 Å². The highest BCUT2D eigenvalue weighted by Gasteiger charge is 2.02. The number of halogens is 1. The van der Waals surface area contributed by atoms with E-state index in [2.05, 4.69) is 37.4 Å². The van der Waals surface area contributed by atoms with Gasteiger partial charge in [-0.2, -0.15) is 10.4 Å². The van der Waals surface area contributed by atoms with E-state index in [-0.39, 0.29) is 0 Å². The van der Waals surface area contributed by atoms with Crippen molar-refractivity contribution in [3.05, 3.63) is 40.4 Å². The number of hydrogen-bond donors (Lipinski definition) is 1. The zero-order valence-corrected chi connectivity index (χ0v) is 11.5. The number of hydrogen-bond acceptors (Lipinski definition) is 4. The summed E-state index contributed by atoms with van der Waals surface area (Å²) >= 11 is 3.43. The molecule has 0 aliphatic heterocycles. The summed E-state index contributed by atoms with van der Waals surface area (Å²) in [7, 11) is 1.85. The average molecular weight is 306 g/mol. The SMILES string of the molecule is Cn1cnc(CCNc2ccc(C#N)cc2Br)n1. The lowest BCUT2D eigenvalue weighted by Gasteiger charge is -2.07. The minimum atomic E-state index is 0.638. The standard InChI is InChI=1S/C12H12BrN5/c1-18-8-16-12(17-18)4-5-15-11-3-2-9(7-14)6-10(11)13/h2-3,6,8,15H,4-5H2,1H3. The average Bonchev–Trinajstić information content (AvgIpc) is 2.77. The van der Waals surface area contributed by atoms with Gasteiger partial charge >= 0.3 is 0 Å². The molecule has 1 aromatic carbocycles. The molecule has 1 N–H and O–H groups in total. The van der Waals surface area contributed by atoms with Crippen LogP contribution in [-0.4, -0.2) is 21.3 Å². The van der Waals surface area contributed by atoms with Crippen LogP contribution in [0, 0.1) is 11.3 Å². The number of aromatic nitrogens is 3. The molecule has 0 fully saturated rings. The summed E-state index contributed by atoms with van der Waals surface area (Å²) in [6.07, 6.45) is 2.44. The van der Waals surface area contributed by atoms with Crippen LogP contribution in [-0.2, 0) is 13.5 Å². The highest BCUT2D eigenvalue weighted by Crippen LogP contribution is 2.23. The monoisotopic (exact) mass is 305 g/mol. The van der Waals surface area contributed by atoms with E-state index in [4.69, 9.17) is 5.26 Å². The Morgan fingerprint density at radius 1 is 1.50 bits per heavy atom. The molecule has 18 heavy (non-hydrogen) atoms. The molecular weight excluding hydrogens is 294 g/mol. The molecule has 2 rings (SSSR count). The predicted octanol–water partition coefficient (Wildman–Crippen LogP) is 2.10. The molecule has 0 bridgehead atoms. The van der Waals surface area contributed by atoms with Crippen molar-refractivity contribution >= 4 is 21.6 Å². The third-order valence-electron chi connectivity index (χ3n) is 2.41. The quantitative estimate of drug-likeness (QED) is 0.939. The molecule has 0 aliphatic rings. The number of nitriles is 1. The molecule has 0 saturated carbocycles. The van der Waals surface area contributed by atoms with Gasteiger partial charge in [0.25, 0.3) is 0 Å². The van der Waals surface area contributed by atoms with Gasteiger partial charge in [0.1, 0.15) is 6.33 Å². The molecule has 6 heteroatoms. The second kappa shape index (κ2) is 5.65. The van der Waals surface area contributed by atoms with Gasteiger partial charge in [0.2, 0.25) is 0 Å². The van der Waals surface area contributed by atoms with Crippen LogP contribution in [0.25, 0.3) is 0 Å². The van der Waals surface area contributed by atoms with Crippen LogP contribution in [0.15, 0.2) is 29.0 Å². The third-order valence-corrected chi connectivity index (χ3v) is 3.07. The van der Waals surface area contributed by atoms with Crippen molar-refractivity contribution in [2.75, 3.05) is 11.9 Å². The van der Waals surface area contributed by atoms with Crippen LogP contribution in [0.1, 0.15) is 11.4 Å². The second-order valence-electron chi connectivity index (χ2n) is 3.82. The lowest BCUT2D eigenvalue weighted by atomic mass is 10.2. The molecule has 1 aromatic heterocycles. The van der Waals surface area contributed by atoms with E-state index in [0.717, 1.165) is 29.0 Å². The number of nitrogens with one attached hydrogen (secondary N) is 1. The highest BCUT2D eigenvalue weighted by atomic mass is 79.9. The van der Waals surface area contributed by atoms with Crippen molar-refractivity contribution in [3.63, 3.8) is 0 Å². The van der Waals surface area contributed by atoms with E-state index in [1.807, 2.05) is 13.1 Å². The van der Waals surface area contributed by atoms with Gasteiger partial charge in [0.15, 0.2) is 5.82 Å². The molecule has 0 radical (unpaired) electrons. The summed E-state index contributed by atoms with van der Waals surface area (Å²) in [6.45, 7) is 0.745. The molecule has 92 valence electrons. The van der Waals surface area contributed by atoms with E-state index >= 15 is 0 Å². The normalized spacial score (nSPS) is 10.1. The summed E-state index contributed by atoms with van der Waals surface area (Å²) in [6, 6.07) is 7.56. The minimum absolute atomic E-state index is 0.638. The summed E-state index contributed by atoms with van der Waals surface area (Å²) in [5.74, 6) is 0.815. The summed E-state index contributed by atoms with van der Waals surface area (Å²) in [5.41, 5.74) is 1.60. The van der Waals surface area contributed by atoms with Crippen LogP contribution < -0.4 is 5.32 Å². The summed E-state index contributed by atoms with van der Waals surface area (Å²) < 4.78 is 2.57. The number of rotatable bonds is 4. The molecule has 0 unspecified atom stereocenters. The smallest absolute Gasteiger partial charge is 0.152 e. The molecular formula is C12H12BrN5. The van der Waals surface area contributed by atoms with Crippen molar-refractivity contribution in [2.24, 2.45) is 7.05 Å². The van der Waals surface area contributed by atoms with Crippen LogP contribution >= 0.6 is 15.9 Å². The Morgan fingerprint density at radius 3 is 2.94 bits per heavy atom. The zero-order chi connectivity index (χ0) is 13.0. The van der Waals surface area contributed by atoms with Crippen molar-refractivity contribution in [3.8, 4) is 6.07 Å². The third kappa shape index (κ3) is 3.08. The van der Waals surface area contributed by atoms with Gasteiger partial charge in [-0.1, -0.05) is 0 Å².